The van der Waals surface area contributed by atoms with Gasteiger partial charge in [0.05, 0.1) is 22.4 Å². The summed E-state index contributed by atoms with van der Waals surface area (Å²) in [6.07, 6.45) is 1.44. The summed E-state index contributed by atoms with van der Waals surface area (Å²) in [7, 11) is 0. The minimum Gasteiger partial charge on any atom is -0.450 e. The Morgan fingerprint density at radius 3 is 2.79 bits per heavy atom. The molecule has 1 fully saturated rings. The standard InChI is InChI=1S/C21H20N4O3S/c1-2-27-21(26)25-11-9-24(10-12-25)19-8-7-16(28-19)13-15(14-22)20-23-17-5-3-4-6-18(17)29-20/h3-8,13H,2,9-12H2,1H3. The SMILES string of the molecule is CCOC(=O)N1CCN(c2ccc(C=C(C#N)c3nc4ccccc4s3)o2)CC1. The Kier molecular flexibility index (Phi) is 5.49. The highest BCUT2D eigenvalue weighted by Gasteiger charge is 2.23. The van der Waals surface area contributed by atoms with Gasteiger partial charge in [-0.3, -0.25) is 0 Å². The second-order valence-electron chi connectivity index (χ2n) is 6.51. The van der Waals surface area contributed by atoms with Crippen molar-refractivity contribution in [2.75, 3.05) is 37.7 Å². The molecule has 2 aromatic heterocycles. The van der Waals surface area contributed by atoms with Gasteiger partial charge >= 0.3 is 6.09 Å². The van der Waals surface area contributed by atoms with Crippen molar-refractivity contribution in [3.63, 3.8) is 0 Å². The van der Waals surface area contributed by atoms with Gasteiger partial charge in [-0.2, -0.15) is 5.26 Å². The molecule has 0 spiro atoms. The van der Waals surface area contributed by atoms with E-state index in [-0.39, 0.29) is 6.09 Å². The molecule has 7 nitrogen and oxygen atoms in total. The average Bonchev–Trinajstić information content (AvgIpc) is 3.39. The van der Waals surface area contributed by atoms with E-state index in [1.54, 1.807) is 17.9 Å². The normalized spacial score (nSPS) is 14.8. The molecule has 1 aromatic carbocycles. The molecule has 3 heterocycles. The number of nitriles is 1. The van der Waals surface area contributed by atoms with Gasteiger partial charge in [-0.25, -0.2) is 9.78 Å². The number of amides is 1. The lowest BCUT2D eigenvalue weighted by molar-refractivity contribution is 0.104. The fourth-order valence-corrected chi connectivity index (χ4v) is 4.12. The third kappa shape index (κ3) is 4.10. The number of benzene rings is 1. The highest BCUT2D eigenvalue weighted by molar-refractivity contribution is 7.19. The summed E-state index contributed by atoms with van der Waals surface area (Å²) in [6.45, 7) is 4.68. The molecular formula is C21H20N4O3S. The van der Waals surface area contributed by atoms with Crippen molar-refractivity contribution in [2.24, 2.45) is 0 Å². The molecular weight excluding hydrogens is 388 g/mol. The van der Waals surface area contributed by atoms with E-state index in [2.05, 4.69) is 16.0 Å². The largest absolute Gasteiger partial charge is 0.450 e. The van der Waals surface area contributed by atoms with Crippen LogP contribution in [-0.4, -0.2) is 48.8 Å². The van der Waals surface area contributed by atoms with E-state index in [1.165, 1.54) is 11.3 Å². The number of carbonyl (C=O) groups is 1. The minimum absolute atomic E-state index is 0.273. The smallest absolute Gasteiger partial charge is 0.409 e. The van der Waals surface area contributed by atoms with Crippen molar-refractivity contribution in [1.82, 2.24) is 9.88 Å². The highest BCUT2D eigenvalue weighted by atomic mass is 32.1. The maximum Gasteiger partial charge on any atom is 0.409 e. The Bertz CT molecular complexity index is 1050. The lowest BCUT2D eigenvalue weighted by atomic mass is 10.2. The molecule has 1 saturated heterocycles. The van der Waals surface area contributed by atoms with Gasteiger partial charge in [0, 0.05) is 38.3 Å². The second kappa shape index (κ2) is 8.37. The first kappa shape index (κ1) is 19.0. The molecule has 0 saturated carbocycles. The topological polar surface area (TPSA) is 82.6 Å². The highest BCUT2D eigenvalue weighted by Crippen LogP contribution is 2.29. The number of allylic oxidation sites excluding steroid dienone is 1. The Morgan fingerprint density at radius 1 is 1.28 bits per heavy atom. The average molecular weight is 408 g/mol. The van der Waals surface area contributed by atoms with E-state index in [0.29, 0.717) is 49.1 Å². The summed E-state index contributed by atoms with van der Waals surface area (Å²) in [5.74, 6) is 1.32. The van der Waals surface area contributed by atoms with Crippen molar-refractivity contribution in [3.05, 3.63) is 47.2 Å². The van der Waals surface area contributed by atoms with Gasteiger partial charge in [0.1, 0.15) is 16.8 Å². The molecule has 0 N–H and O–H groups in total. The number of thiazole rings is 1. The van der Waals surface area contributed by atoms with Crippen LogP contribution in [0.4, 0.5) is 10.7 Å². The molecule has 8 heteroatoms. The monoisotopic (exact) mass is 408 g/mol. The Hall–Kier alpha value is -3.31. The molecule has 1 aliphatic heterocycles. The summed E-state index contributed by atoms with van der Waals surface area (Å²) >= 11 is 1.49. The molecule has 0 unspecified atom stereocenters. The number of rotatable bonds is 4. The lowest BCUT2D eigenvalue weighted by Gasteiger charge is -2.33. The van der Waals surface area contributed by atoms with E-state index < -0.39 is 0 Å². The summed E-state index contributed by atoms with van der Waals surface area (Å²) in [5, 5.41) is 10.3. The molecule has 0 radical (unpaired) electrons. The van der Waals surface area contributed by atoms with Gasteiger partial charge < -0.3 is 19.0 Å². The summed E-state index contributed by atoms with van der Waals surface area (Å²) in [5.41, 5.74) is 1.35. The van der Waals surface area contributed by atoms with E-state index in [9.17, 15) is 10.1 Å². The van der Waals surface area contributed by atoms with Crippen LogP contribution in [0.1, 0.15) is 17.7 Å². The quantitative estimate of drug-likeness (QED) is 0.601. The van der Waals surface area contributed by atoms with Crippen LogP contribution < -0.4 is 4.90 Å². The summed E-state index contributed by atoms with van der Waals surface area (Å²) in [6, 6.07) is 13.8. The number of hydrogen-bond donors (Lipinski definition) is 0. The molecule has 0 bridgehead atoms. The van der Waals surface area contributed by atoms with Crippen LogP contribution in [0.3, 0.4) is 0 Å². The number of carbonyl (C=O) groups excluding carboxylic acids is 1. The Balaban J connectivity index is 1.47. The molecule has 0 aliphatic carbocycles. The minimum atomic E-state index is -0.273. The predicted molar refractivity (Wildman–Crippen MR) is 113 cm³/mol. The van der Waals surface area contributed by atoms with Crippen LogP contribution in [0.2, 0.25) is 0 Å². The van der Waals surface area contributed by atoms with Crippen molar-refractivity contribution in [1.29, 1.82) is 5.26 Å². The molecule has 0 atom stereocenters. The molecule has 4 rings (SSSR count). The lowest BCUT2D eigenvalue weighted by Crippen LogP contribution is -2.48. The molecule has 1 aliphatic rings. The number of ether oxygens (including phenoxy) is 1. The van der Waals surface area contributed by atoms with E-state index >= 15 is 0 Å². The number of para-hydroxylation sites is 1. The summed E-state index contributed by atoms with van der Waals surface area (Å²) in [4.78, 5) is 20.1. The van der Waals surface area contributed by atoms with Gasteiger partial charge in [-0.05, 0) is 25.1 Å². The van der Waals surface area contributed by atoms with Crippen LogP contribution in [0.25, 0.3) is 21.9 Å². The number of hydrogen-bond acceptors (Lipinski definition) is 7. The first-order chi connectivity index (χ1) is 14.2. The number of anilines is 1. The third-order valence-corrected chi connectivity index (χ3v) is 5.73. The number of nitrogens with zero attached hydrogens (tertiary/aromatic N) is 4. The van der Waals surface area contributed by atoms with Crippen LogP contribution in [0.15, 0.2) is 40.8 Å². The van der Waals surface area contributed by atoms with Gasteiger partial charge in [0.25, 0.3) is 0 Å². The second-order valence-corrected chi connectivity index (χ2v) is 7.54. The maximum atomic E-state index is 11.8. The van der Waals surface area contributed by atoms with E-state index in [0.717, 1.165) is 16.1 Å². The maximum absolute atomic E-state index is 11.8. The van der Waals surface area contributed by atoms with Gasteiger partial charge in [0.2, 0.25) is 0 Å². The zero-order valence-corrected chi connectivity index (χ0v) is 16.8. The zero-order chi connectivity index (χ0) is 20.2. The van der Waals surface area contributed by atoms with Crippen molar-refractivity contribution in [3.8, 4) is 6.07 Å². The van der Waals surface area contributed by atoms with Crippen LogP contribution >= 0.6 is 11.3 Å². The fraction of sp³-hybridized carbons (Fsp3) is 0.286. The zero-order valence-electron chi connectivity index (χ0n) is 16.0. The van der Waals surface area contributed by atoms with Crippen molar-refractivity contribution in [2.45, 2.75) is 6.92 Å². The number of aromatic nitrogens is 1. The van der Waals surface area contributed by atoms with Crippen molar-refractivity contribution < 1.29 is 13.9 Å². The number of furan rings is 1. The molecule has 29 heavy (non-hydrogen) atoms. The van der Waals surface area contributed by atoms with Gasteiger partial charge in [-0.15, -0.1) is 11.3 Å². The van der Waals surface area contributed by atoms with Crippen molar-refractivity contribution >= 4 is 45.2 Å². The van der Waals surface area contributed by atoms with E-state index in [1.807, 2.05) is 36.4 Å². The first-order valence-electron chi connectivity index (χ1n) is 9.42. The van der Waals surface area contributed by atoms with Crippen LogP contribution in [-0.2, 0) is 4.74 Å². The Morgan fingerprint density at radius 2 is 2.07 bits per heavy atom. The van der Waals surface area contributed by atoms with Crippen LogP contribution in [0, 0.1) is 11.3 Å². The molecule has 1 amide bonds. The Labute approximate surface area is 172 Å². The van der Waals surface area contributed by atoms with Crippen LogP contribution in [0.5, 0.6) is 0 Å². The van der Waals surface area contributed by atoms with E-state index in [4.69, 9.17) is 9.15 Å². The fourth-order valence-electron chi connectivity index (χ4n) is 3.19. The van der Waals surface area contributed by atoms with Gasteiger partial charge in [-0.1, -0.05) is 12.1 Å². The summed E-state index contributed by atoms with van der Waals surface area (Å²) < 4.78 is 12.0. The third-order valence-electron chi connectivity index (χ3n) is 4.66. The number of fused-ring (bicyclic) bond motifs is 1. The first-order valence-corrected chi connectivity index (χ1v) is 10.2. The molecule has 3 aromatic rings. The van der Waals surface area contributed by atoms with Gasteiger partial charge in [0.15, 0.2) is 5.88 Å². The predicted octanol–water partition coefficient (Wildman–Crippen LogP) is 4.23. The molecule has 148 valence electrons. The number of piperazine rings is 1.